The van der Waals surface area contributed by atoms with Crippen LogP contribution in [-0.2, 0) is 25.7 Å². The van der Waals surface area contributed by atoms with Crippen molar-refractivity contribution in [2.75, 3.05) is 0 Å². The molecule has 0 saturated carbocycles. The van der Waals surface area contributed by atoms with E-state index in [2.05, 4.69) is 4.29 Å². The molecule has 0 fully saturated rings. The van der Waals surface area contributed by atoms with E-state index in [0.29, 0.717) is 12.0 Å². The summed E-state index contributed by atoms with van der Waals surface area (Å²) in [4.78, 5) is 24.1. The molecule has 2 rings (SSSR count). The maximum Gasteiger partial charge on any atom is 0.363 e. The third-order valence-electron chi connectivity index (χ3n) is 3.79. The quantitative estimate of drug-likeness (QED) is 0.852. The van der Waals surface area contributed by atoms with Crippen LogP contribution in [0.15, 0.2) is 17.7 Å². The molecule has 1 aromatic rings. The molecule has 1 aliphatic rings. The van der Waals surface area contributed by atoms with Crippen LogP contribution in [0.3, 0.4) is 0 Å². The largest absolute Gasteiger partial charge is 0.506 e. The molecule has 0 saturated heterocycles. The molecule has 0 spiro atoms. The Morgan fingerprint density at radius 1 is 1.43 bits per heavy atom. The fourth-order valence-electron chi connectivity index (χ4n) is 2.68. The highest BCUT2D eigenvalue weighted by Crippen LogP contribution is 2.42. The van der Waals surface area contributed by atoms with Crippen LogP contribution >= 0.6 is 11.9 Å². The Bertz CT molecular complexity index is 676. The molecular weight excluding hydrogens is 299 g/mol. The first kappa shape index (κ1) is 15.5. The van der Waals surface area contributed by atoms with Crippen LogP contribution in [0.25, 0.3) is 5.76 Å². The monoisotopic (exact) mass is 312 g/mol. The number of fused-ring (bicyclic) bond motifs is 1. The molecule has 0 aliphatic heterocycles. The highest BCUT2D eigenvalue weighted by molar-refractivity contribution is 6.30. The van der Waals surface area contributed by atoms with E-state index in [9.17, 15) is 19.1 Å². The molecule has 1 aromatic carbocycles. The van der Waals surface area contributed by atoms with Gasteiger partial charge in [0.25, 0.3) is 0 Å². The first-order valence-electron chi connectivity index (χ1n) is 6.40. The van der Waals surface area contributed by atoms with Gasteiger partial charge >= 0.3 is 5.97 Å². The van der Waals surface area contributed by atoms with Crippen molar-refractivity contribution >= 4 is 29.4 Å². The van der Waals surface area contributed by atoms with Crippen molar-refractivity contribution in [1.29, 1.82) is 0 Å². The van der Waals surface area contributed by atoms with Crippen LogP contribution in [0.1, 0.15) is 37.5 Å². The summed E-state index contributed by atoms with van der Waals surface area (Å²) in [6.07, 6.45) is 0.500. The summed E-state index contributed by atoms with van der Waals surface area (Å²) in [6.45, 7) is 4.80. The average Bonchev–Trinajstić information content (AvgIpc) is 2.44. The van der Waals surface area contributed by atoms with E-state index in [-0.39, 0.29) is 11.1 Å². The summed E-state index contributed by atoms with van der Waals surface area (Å²) in [5, 5.41) is 10.3. The van der Waals surface area contributed by atoms with Gasteiger partial charge in [0.05, 0.1) is 5.41 Å². The fourth-order valence-corrected chi connectivity index (χ4v) is 2.76. The zero-order valence-electron chi connectivity index (χ0n) is 11.8. The standard InChI is InChI=1S/C15H14ClFO4/c1-4-7-5-6-8(17)11-9(7)12(18)10(14(20)21-16)13(19)15(11,2)3/h5-6,18H,4H2,1-3H3. The molecule has 0 unspecified atom stereocenters. The number of Topliss-reactive ketones (excluding diaryl/α,β-unsaturated/α-hetero) is 1. The minimum absolute atomic E-state index is 0.0791. The van der Waals surface area contributed by atoms with Gasteiger partial charge in [-0.2, -0.15) is 0 Å². The lowest BCUT2D eigenvalue weighted by atomic mass is 9.69. The summed E-state index contributed by atoms with van der Waals surface area (Å²) < 4.78 is 18.3. The van der Waals surface area contributed by atoms with E-state index in [4.69, 9.17) is 11.9 Å². The van der Waals surface area contributed by atoms with Gasteiger partial charge in [-0.1, -0.05) is 13.0 Å². The number of aliphatic hydroxyl groups excluding tert-OH is 1. The normalized spacial score (nSPS) is 16.7. The van der Waals surface area contributed by atoms with Crippen molar-refractivity contribution in [2.24, 2.45) is 0 Å². The van der Waals surface area contributed by atoms with Crippen molar-refractivity contribution in [2.45, 2.75) is 32.6 Å². The number of hydrogen-bond acceptors (Lipinski definition) is 4. The topological polar surface area (TPSA) is 63.6 Å². The van der Waals surface area contributed by atoms with Gasteiger partial charge in [-0.05, 0) is 31.9 Å². The number of ketones is 1. The Morgan fingerprint density at radius 3 is 2.57 bits per heavy atom. The molecule has 21 heavy (non-hydrogen) atoms. The van der Waals surface area contributed by atoms with Gasteiger partial charge in [0.1, 0.15) is 29.0 Å². The number of carbonyl (C=O) groups is 2. The summed E-state index contributed by atoms with van der Waals surface area (Å²) in [6, 6.07) is 2.77. The predicted molar refractivity (Wildman–Crippen MR) is 75.3 cm³/mol. The number of benzene rings is 1. The Kier molecular flexibility index (Phi) is 3.80. The number of aryl methyl sites for hydroxylation is 1. The third kappa shape index (κ3) is 2.12. The average molecular weight is 313 g/mol. The summed E-state index contributed by atoms with van der Waals surface area (Å²) in [5.41, 5.74) is -0.987. The lowest BCUT2D eigenvalue weighted by Crippen LogP contribution is -2.39. The summed E-state index contributed by atoms with van der Waals surface area (Å²) >= 11 is 5.02. The van der Waals surface area contributed by atoms with Gasteiger partial charge in [-0.15, -0.1) is 0 Å². The first-order chi connectivity index (χ1) is 9.77. The van der Waals surface area contributed by atoms with Crippen molar-refractivity contribution in [1.82, 2.24) is 0 Å². The highest BCUT2D eigenvalue weighted by atomic mass is 35.5. The zero-order chi connectivity index (χ0) is 15.9. The third-order valence-corrected chi connectivity index (χ3v) is 3.93. The second-order valence-corrected chi connectivity index (χ2v) is 5.51. The van der Waals surface area contributed by atoms with E-state index in [1.165, 1.54) is 26.0 Å². The number of aliphatic hydroxyl groups is 1. The zero-order valence-corrected chi connectivity index (χ0v) is 12.5. The number of carbonyl (C=O) groups excluding carboxylic acids is 2. The molecule has 1 aliphatic carbocycles. The smallest absolute Gasteiger partial charge is 0.363 e. The molecule has 0 heterocycles. The molecule has 4 nitrogen and oxygen atoms in total. The van der Waals surface area contributed by atoms with Crippen molar-refractivity contribution < 1.29 is 23.4 Å². The number of rotatable bonds is 2. The van der Waals surface area contributed by atoms with Crippen LogP contribution in [0.5, 0.6) is 0 Å². The molecule has 1 N–H and O–H groups in total. The number of hydrogen-bond donors (Lipinski definition) is 1. The van der Waals surface area contributed by atoms with Gasteiger partial charge in [0, 0.05) is 11.1 Å². The Labute approximate surface area is 126 Å². The van der Waals surface area contributed by atoms with E-state index in [0.717, 1.165) is 0 Å². The van der Waals surface area contributed by atoms with Gasteiger partial charge < -0.3 is 9.40 Å². The van der Waals surface area contributed by atoms with Crippen LogP contribution in [0.4, 0.5) is 4.39 Å². The summed E-state index contributed by atoms with van der Waals surface area (Å²) in [7, 11) is 0. The van der Waals surface area contributed by atoms with E-state index >= 15 is 0 Å². The maximum atomic E-state index is 14.2. The molecule has 0 bridgehead atoms. The Hall–Kier alpha value is -1.88. The molecule has 112 valence electrons. The highest BCUT2D eigenvalue weighted by Gasteiger charge is 2.46. The fraction of sp³-hybridized carbons (Fsp3) is 0.333. The van der Waals surface area contributed by atoms with Gasteiger partial charge in [0.2, 0.25) is 0 Å². The molecule has 6 heteroatoms. The predicted octanol–water partition coefficient (Wildman–Crippen LogP) is 3.21. The Balaban J connectivity index is 2.92. The number of halogens is 2. The first-order valence-corrected chi connectivity index (χ1v) is 6.71. The maximum absolute atomic E-state index is 14.2. The van der Waals surface area contributed by atoms with Crippen molar-refractivity contribution in [3.05, 3.63) is 40.2 Å². The molecule has 0 radical (unpaired) electrons. The molecule has 0 atom stereocenters. The van der Waals surface area contributed by atoms with E-state index < -0.39 is 34.3 Å². The van der Waals surface area contributed by atoms with Crippen LogP contribution < -0.4 is 0 Å². The SMILES string of the molecule is CCc1ccc(F)c2c1C(O)=C(C(=O)OCl)C(=O)C2(C)C. The van der Waals surface area contributed by atoms with Crippen LogP contribution in [0, 0.1) is 5.82 Å². The lowest BCUT2D eigenvalue weighted by Gasteiger charge is -2.32. The minimum atomic E-state index is -1.31. The van der Waals surface area contributed by atoms with Gasteiger partial charge in [-0.3, -0.25) is 4.79 Å². The summed E-state index contributed by atoms with van der Waals surface area (Å²) in [5.74, 6) is -3.07. The molecular formula is C15H14ClFO4. The Morgan fingerprint density at radius 2 is 2.05 bits per heavy atom. The molecule has 0 amide bonds. The van der Waals surface area contributed by atoms with Crippen molar-refractivity contribution in [3.8, 4) is 0 Å². The lowest BCUT2D eigenvalue weighted by molar-refractivity contribution is -0.133. The van der Waals surface area contributed by atoms with E-state index in [1.54, 1.807) is 0 Å². The van der Waals surface area contributed by atoms with Gasteiger partial charge in [-0.25, -0.2) is 9.18 Å². The second kappa shape index (κ2) is 5.15. The second-order valence-electron chi connectivity index (χ2n) is 5.35. The molecule has 0 aromatic heterocycles. The van der Waals surface area contributed by atoms with Crippen molar-refractivity contribution in [3.63, 3.8) is 0 Å². The van der Waals surface area contributed by atoms with E-state index in [1.807, 2.05) is 6.92 Å². The minimum Gasteiger partial charge on any atom is -0.506 e. The van der Waals surface area contributed by atoms with Crippen LogP contribution in [0.2, 0.25) is 0 Å². The van der Waals surface area contributed by atoms with Gasteiger partial charge in [0.15, 0.2) is 5.78 Å². The van der Waals surface area contributed by atoms with Crippen LogP contribution in [-0.4, -0.2) is 16.9 Å².